The van der Waals surface area contributed by atoms with E-state index in [4.69, 9.17) is 5.11 Å². The highest BCUT2D eigenvalue weighted by atomic mass is 16.4. The Labute approximate surface area is 88.6 Å². The normalized spacial score (nSPS) is 10.0. The van der Waals surface area contributed by atoms with Crippen molar-refractivity contribution in [2.45, 2.75) is 26.7 Å². The van der Waals surface area contributed by atoms with Gasteiger partial charge in [-0.25, -0.2) is 14.8 Å². The van der Waals surface area contributed by atoms with Gasteiger partial charge in [0, 0.05) is 19.0 Å². The predicted molar refractivity (Wildman–Crippen MR) is 57.2 cm³/mol. The van der Waals surface area contributed by atoms with Gasteiger partial charge in [-0.05, 0) is 13.3 Å². The first kappa shape index (κ1) is 11.4. The highest BCUT2D eigenvalue weighted by molar-refractivity contribution is 5.86. The van der Waals surface area contributed by atoms with Crippen LogP contribution in [-0.4, -0.2) is 27.6 Å². The third-order valence-corrected chi connectivity index (χ3v) is 1.82. The molecule has 0 atom stereocenters. The highest BCUT2D eigenvalue weighted by Crippen LogP contribution is 2.08. The van der Waals surface area contributed by atoms with E-state index in [0.717, 1.165) is 6.42 Å². The number of carboxylic acids is 1. The summed E-state index contributed by atoms with van der Waals surface area (Å²) in [6.45, 7) is 4.65. The lowest BCUT2D eigenvalue weighted by atomic mass is 10.3. The smallest absolute Gasteiger partial charge is 0.354 e. The van der Waals surface area contributed by atoms with Gasteiger partial charge in [0.25, 0.3) is 0 Å². The van der Waals surface area contributed by atoms with E-state index in [1.165, 1.54) is 6.07 Å². The van der Waals surface area contributed by atoms with E-state index in [2.05, 4.69) is 15.3 Å². The lowest BCUT2D eigenvalue weighted by molar-refractivity contribution is 0.0690. The molecule has 0 radical (unpaired) electrons. The van der Waals surface area contributed by atoms with Gasteiger partial charge in [0.1, 0.15) is 11.6 Å². The SMILES string of the molecule is CCCc1nc(NCC)cc(C(=O)O)n1. The van der Waals surface area contributed by atoms with Gasteiger partial charge in [0.2, 0.25) is 0 Å². The maximum atomic E-state index is 10.8. The molecular weight excluding hydrogens is 194 g/mol. The average molecular weight is 209 g/mol. The number of rotatable bonds is 5. The second-order valence-electron chi connectivity index (χ2n) is 3.14. The van der Waals surface area contributed by atoms with Crippen LogP contribution >= 0.6 is 0 Å². The van der Waals surface area contributed by atoms with E-state index in [1.54, 1.807) is 0 Å². The van der Waals surface area contributed by atoms with Crippen LogP contribution in [0.15, 0.2) is 6.07 Å². The highest BCUT2D eigenvalue weighted by Gasteiger charge is 2.09. The Bertz CT molecular complexity index is 328. The van der Waals surface area contributed by atoms with Gasteiger partial charge in [-0.1, -0.05) is 6.92 Å². The molecule has 1 aromatic heterocycles. The first-order chi connectivity index (χ1) is 7.17. The fourth-order valence-electron chi connectivity index (χ4n) is 1.21. The molecule has 0 aliphatic rings. The van der Waals surface area contributed by atoms with Crippen LogP contribution in [0.2, 0.25) is 0 Å². The Morgan fingerprint density at radius 1 is 1.47 bits per heavy atom. The zero-order valence-electron chi connectivity index (χ0n) is 8.95. The summed E-state index contributed by atoms with van der Waals surface area (Å²) in [4.78, 5) is 19.0. The second-order valence-corrected chi connectivity index (χ2v) is 3.14. The summed E-state index contributed by atoms with van der Waals surface area (Å²) < 4.78 is 0. The molecule has 0 aliphatic heterocycles. The number of anilines is 1. The van der Waals surface area contributed by atoms with Crippen molar-refractivity contribution in [3.8, 4) is 0 Å². The molecule has 0 unspecified atom stereocenters. The van der Waals surface area contributed by atoms with Crippen LogP contribution in [0, 0.1) is 0 Å². The lowest BCUT2D eigenvalue weighted by Crippen LogP contribution is -2.09. The Hall–Kier alpha value is -1.65. The number of hydrogen-bond donors (Lipinski definition) is 2. The van der Waals surface area contributed by atoms with E-state index >= 15 is 0 Å². The van der Waals surface area contributed by atoms with E-state index in [9.17, 15) is 4.79 Å². The summed E-state index contributed by atoms with van der Waals surface area (Å²) in [5.41, 5.74) is 0.0457. The van der Waals surface area contributed by atoms with Crippen LogP contribution < -0.4 is 5.32 Å². The zero-order chi connectivity index (χ0) is 11.3. The molecule has 5 nitrogen and oxygen atoms in total. The molecule has 1 aromatic rings. The maximum Gasteiger partial charge on any atom is 0.354 e. The average Bonchev–Trinajstić information content (AvgIpc) is 2.18. The summed E-state index contributed by atoms with van der Waals surface area (Å²) >= 11 is 0. The van der Waals surface area contributed by atoms with Gasteiger partial charge >= 0.3 is 5.97 Å². The molecule has 0 spiro atoms. The molecule has 2 N–H and O–H groups in total. The third-order valence-electron chi connectivity index (χ3n) is 1.82. The van der Waals surface area contributed by atoms with Crippen LogP contribution in [0.25, 0.3) is 0 Å². The maximum absolute atomic E-state index is 10.8. The van der Waals surface area contributed by atoms with Crippen molar-refractivity contribution in [1.29, 1.82) is 0 Å². The number of carbonyl (C=O) groups is 1. The molecule has 0 fully saturated rings. The topological polar surface area (TPSA) is 75.1 Å². The van der Waals surface area contributed by atoms with Crippen LogP contribution in [0.1, 0.15) is 36.6 Å². The van der Waals surface area contributed by atoms with Crippen LogP contribution in [-0.2, 0) is 6.42 Å². The number of aryl methyl sites for hydroxylation is 1. The van der Waals surface area contributed by atoms with Crippen LogP contribution in [0.3, 0.4) is 0 Å². The Balaban J connectivity index is 3.02. The summed E-state index contributed by atoms with van der Waals surface area (Å²) in [6.07, 6.45) is 1.59. The Kier molecular flexibility index (Phi) is 4.03. The van der Waals surface area contributed by atoms with Gasteiger partial charge in [-0.3, -0.25) is 0 Å². The predicted octanol–water partition coefficient (Wildman–Crippen LogP) is 1.56. The van der Waals surface area contributed by atoms with Gasteiger partial charge in [-0.2, -0.15) is 0 Å². The van der Waals surface area contributed by atoms with Gasteiger partial charge < -0.3 is 10.4 Å². The van der Waals surface area contributed by atoms with Crippen molar-refractivity contribution in [1.82, 2.24) is 9.97 Å². The molecule has 0 aromatic carbocycles. The molecule has 15 heavy (non-hydrogen) atoms. The van der Waals surface area contributed by atoms with Gasteiger partial charge in [0.05, 0.1) is 0 Å². The van der Waals surface area contributed by atoms with Crippen molar-refractivity contribution < 1.29 is 9.90 Å². The fourth-order valence-corrected chi connectivity index (χ4v) is 1.21. The van der Waals surface area contributed by atoms with E-state index in [0.29, 0.717) is 24.6 Å². The summed E-state index contributed by atoms with van der Waals surface area (Å²) in [5, 5.41) is 11.8. The minimum absolute atomic E-state index is 0.0457. The van der Waals surface area contributed by atoms with Crippen LogP contribution in [0.4, 0.5) is 5.82 Å². The Morgan fingerprint density at radius 2 is 2.20 bits per heavy atom. The zero-order valence-corrected chi connectivity index (χ0v) is 8.95. The number of hydrogen-bond acceptors (Lipinski definition) is 4. The molecule has 0 saturated heterocycles. The summed E-state index contributed by atoms with van der Waals surface area (Å²) in [7, 11) is 0. The first-order valence-corrected chi connectivity index (χ1v) is 5.02. The molecule has 82 valence electrons. The minimum Gasteiger partial charge on any atom is -0.477 e. The number of aromatic carboxylic acids is 1. The molecule has 0 bridgehead atoms. The fraction of sp³-hybridized carbons (Fsp3) is 0.500. The van der Waals surface area contributed by atoms with Gasteiger partial charge in [0.15, 0.2) is 5.69 Å². The van der Waals surface area contributed by atoms with Crippen molar-refractivity contribution in [3.63, 3.8) is 0 Å². The van der Waals surface area contributed by atoms with Crippen molar-refractivity contribution >= 4 is 11.8 Å². The molecule has 1 heterocycles. The van der Waals surface area contributed by atoms with Crippen molar-refractivity contribution in [2.24, 2.45) is 0 Å². The van der Waals surface area contributed by atoms with Crippen molar-refractivity contribution in [2.75, 3.05) is 11.9 Å². The molecular formula is C10H15N3O2. The van der Waals surface area contributed by atoms with Crippen LogP contribution in [0.5, 0.6) is 0 Å². The van der Waals surface area contributed by atoms with Gasteiger partial charge in [-0.15, -0.1) is 0 Å². The number of carboxylic acid groups (broad SMARTS) is 1. The number of nitrogens with zero attached hydrogens (tertiary/aromatic N) is 2. The molecule has 0 aliphatic carbocycles. The minimum atomic E-state index is -1.02. The third kappa shape index (κ3) is 3.19. The van der Waals surface area contributed by atoms with E-state index in [-0.39, 0.29) is 5.69 Å². The Morgan fingerprint density at radius 3 is 2.73 bits per heavy atom. The quantitative estimate of drug-likeness (QED) is 0.769. The molecule has 0 saturated carbocycles. The standard InChI is InChI=1S/C10H15N3O2/c1-3-5-8-12-7(10(14)15)6-9(13-8)11-4-2/h6H,3-5H2,1-2H3,(H,14,15)(H,11,12,13). The van der Waals surface area contributed by atoms with E-state index < -0.39 is 5.97 Å². The molecule has 5 heteroatoms. The molecule has 0 amide bonds. The second kappa shape index (κ2) is 5.29. The lowest BCUT2D eigenvalue weighted by Gasteiger charge is -2.05. The summed E-state index contributed by atoms with van der Waals surface area (Å²) in [5.74, 6) is 0.135. The monoisotopic (exact) mass is 209 g/mol. The molecule has 1 rings (SSSR count). The summed E-state index contributed by atoms with van der Waals surface area (Å²) in [6, 6.07) is 1.45. The largest absolute Gasteiger partial charge is 0.477 e. The number of nitrogens with one attached hydrogen (secondary N) is 1. The first-order valence-electron chi connectivity index (χ1n) is 5.02. The number of aromatic nitrogens is 2. The van der Waals surface area contributed by atoms with Crippen molar-refractivity contribution in [3.05, 3.63) is 17.6 Å². The van der Waals surface area contributed by atoms with E-state index in [1.807, 2.05) is 13.8 Å².